The Morgan fingerprint density at radius 1 is 1.36 bits per heavy atom. The second kappa shape index (κ2) is 5.58. The molecule has 6 nitrogen and oxygen atoms in total. The zero-order chi connectivity index (χ0) is 17.6. The van der Waals surface area contributed by atoms with Crippen molar-refractivity contribution in [2.24, 2.45) is 5.41 Å². The topological polar surface area (TPSA) is 82.1 Å². The molecule has 2 N–H and O–H groups in total. The van der Waals surface area contributed by atoms with Crippen molar-refractivity contribution >= 4 is 22.8 Å². The summed E-state index contributed by atoms with van der Waals surface area (Å²) in [7, 11) is 0. The van der Waals surface area contributed by atoms with Crippen molar-refractivity contribution in [1.82, 2.24) is 15.0 Å². The molecule has 0 aliphatic carbocycles. The monoisotopic (exact) mass is 336 g/mol. The maximum absolute atomic E-state index is 11.3. The normalized spacial score (nSPS) is 16.5. The van der Waals surface area contributed by atoms with Crippen LogP contribution in [0.15, 0.2) is 36.7 Å². The first-order valence-electron chi connectivity index (χ1n) is 8.36. The van der Waals surface area contributed by atoms with Gasteiger partial charge in [0.2, 0.25) is 0 Å². The summed E-state index contributed by atoms with van der Waals surface area (Å²) < 4.78 is 0. The van der Waals surface area contributed by atoms with Crippen molar-refractivity contribution in [3.05, 3.63) is 42.2 Å². The molecular weight excluding hydrogens is 316 g/mol. The minimum Gasteiger partial charge on any atom is -0.478 e. The van der Waals surface area contributed by atoms with Crippen molar-refractivity contribution in [2.45, 2.75) is 20.3 Å². The molecule has 128 valence electrons. The number of carboxylic acid groups (broad SMARTS) is 1. The lowest BCUT2D eigenvalue weighted by atomic mass is 9.93. The Hall–Kier alpha value is -2.89. The van der Waals surface area contributed by atoms with Gasteiger partial charge in [-0.2, -0.15) is 0 Å². The molecule has 4 rings (SSSR count). The number of carbonyl (C=O) groups is 1. The number of nitrogens with zero attached hydrogens (tertiary/aromatic N) is 3. The number of aromatic carboxylic acids is 1. The molecular formula is C19H20N4O2. The number of fused-ring (bicyclic) bond motifs is 1. The fourth-order valence-corrected chi connectivity index (χ4v) is 3.39. The van der Waals surface area contributed by atoms with E-state index in [1.165, 1.54) is 12.6 Å². The van der Waals surface area contributed by atoms with Crippen molar-refractivity contribution < 1.29 is 9.90 Å². The summed E-state index contributed by atoms with van der Waals surface area (Å²) >= 11 is 0. The number of rotatable bonds is 3. The highest BCUT2D eigenvalue weighted by Crippen LogP contribution is 2.34. The van der Waals surface area contributed by atoms with Crippen LogP contribution in [0.5, 0.6) is 0 Å². The fourth-order valence-electron chi connectivity index (χ4n) is 3.39. The highest BCUT2D eigenvalue weighted by molar-refractivity contribution is 6.00. The van der Waals surface area contributed by atoms with Gasteiger partial charge < -0.3 is 15.0 Å². The first-order chi connectivity index (χ1) is 11.9. The maximum atomic E-state index is 11.3. The molecule has 1 aliphatic heterocycles. The van der Waals surface area contributed by atoms with E-state index in [4.69, 9.17) is 0 Å². The molecule has 25 heavy (non-hydrogen) atoms. The van der Waals surface area contributed by atoms with Gasteiger partial charge in [-0.15, -0.1) is 0 Å². The Labute approximate surface area is 145 Å². The van der Waals surface area contributed by atoms with Crippen molar-refractivity contribution in [3.63, 3.8) is 0 Å². The summed E-state index contributed by atoms with van der Waals surface area (Å²) in [5.74, 6) is -1.01. The fraction of sp³-hybridized carbons (Fsp3) is 0.316. The molecule has 0 atom stereocenters. The molecule has 6 heteroatoms. The van der Waals surface area contributed by atoms with Gasteiger partial charge in [-0.3, -0.25) is 0 Å². The van der Waals surface area contributed by atoms with Crippen molar-refractivity contribution in [3.8, 4) is 11.3 Å². The molecule has 0 spiro atoms. The Morgan fingerprint density at radius 2 is 2.20 bits per heavy atom. The third-order valence-electron chi connectivity index (χ3n) is 4.80. The number of nitrogens with one attached hydrogen (secondary N) is 1. The van der Waals surface area contributed by atoms with Crippen LogP contribution in [0, 0.1) is 5.41 Å². The van der Waals surface area contributed by atoms with Gasteiger partial charge >= 0.3 is 5.97 Å². The van der Waals surface area contributed by atoms with Crippen LogP contribution >= 0.6 is 0 Å². The van der Waals surface area contributed by atoms with Crippen LogP contribution in [0.3, 0.4) is 0 Å². The van der Waals surface area contributed by atoms with Crippen LogP contribution in [0.25, 0.3) is 22.4 Å². The summed E-state index contributed by atoms with van der Waals surface area (Å²) in [6, 6.07) is 8.20. The molecule has 1 saturated heterocycles. The highest BCUT2D eigenvalue weighted by atomic mass is 16.4. The van der Waals surface area contributed by atoms with Crippen molar-refractivity contribution in [1.29, 1.82) is 0 Å². The number of H-pyrrole nitrogens is 1. The minimum atomic E-state index is -1.01. The number of hydrogen-bond acceptors (Lipinski definition) is 4. The standard InChI is InChI=1S/C19H20N4O2/c1-19(2)6-7-23(11-19)13-5-3-4-12(8-13)15-10-21-17-16(22-15)14(9-20-17)18(24)25/h3-5,8-10H,6-7,11H2,1-2H3,(H,20,21)(H,24,25). The predicted molar refractivity (Wildman–Crippen MR) is 96.9 cm³/mol. The number of benzene rings is 1. The first-order valence-corrected chi connectivity index (χ1v) is 8.36. The minimum absolute atomic E-state index is 0.141. The number of carboxylic acids is 1. The lowest BCUT2D eigenvalue weighted by molar-refractivity contribution is 0.0699. The zero-order valence-electron chi connectivity index (χ0n) is 14.3. The molecule has 0 radical (unpaired) electrons. The van der Waals surface area contributed by atoms with Gasteiger partial charge in [0.05, 0.1) is 11.9 Å². The maximum Gasteiger partial charge on any atom is 0.339 e. The molecule has 1 aliphatic rings. The van der Waals surface area contributed by atoms with Crippen LogP contribution < -0.4 is 4.90 Å². The van der Waals surface area contributed by atoms with Gasteiger partial charge in [-0.1, -0.05) is 26.0 Å². The van der Waals surface area contributed by atoms with E-state index >= 15 is 0 Å². The average Bonchev–Trinajstić information content (AvgIpc) is 3.17. The number of aromatic amines is 1. The third kappa shape index (κ3) is 2.84. The van der Waals surface area contributed by atoms with Crippen LogP contribution in [-0.2, 0) is 0 Å². The smallest absolute Gasteiger partial charge is 0.339 e. The zero-order valence-corrected chi connectivity index (χ0v) is 14.3. The quantitative estimate of drug-likeness (QED) is 0.764. The lowest BCUT2D eigenvalue weighted by Crippen LogP contribution is -2.22. The van der Waals surface area contributed by atoms with Gasteiger partial charge in [0.25, 0.3) is 0 Å². The van der Waals surface area contributed by atoms with Gasteiger partial charge in [0.15, 0.2) is 5.65 Å². The molecule has 3 aromatic rings. The second-order valence-electron chi connectivity index (χ2n) is 7.35. The molecule has 2 aromatic heterocycles. The average molecular weight is 336 g/mol. The van der Waals surface area contributed by atoms with E-state index in [0.717, 1.165) is 24.3 Å². The van der Waals surface area contributed by atoms with Crippen LogP contribution in [0.4, 0.5) is 5.69 Å². The van der Waals surface area contributed by atoms with Crippen molar-refractivity contribution in [2.75, 3.05) is 18.0 Å². The Kier molecular flexibility index (Phi) is 3.49. The number of aromatic nitrogens is 3. The van der Waals surface area contributed by atoms with Gasteiger partial charge in [-0.25, -0.2) is 14.8 Å². The SMILES string of the molecule is CC1(C)CCN(c2cccc(-c3cnc4[nH]cc(C(=O)O)c4n3)c2)C1. The van der Waals surface area contributed by atoms with E-state index in [2.05, 4.69) is 45.8 Å². The van der Waals surface area contributed by atoms with Gasteiger partial charge in [0.1, 0.15) is 11.1 Å². The molecule has 0 unspecified atom stereocenters. The summed E-state index contributed by atoms with van der Waals surface area (Å²) in [6.45, 7) is 6.65. The molecule has 1 fully saturated rings. The Bertz CT molecular complexity index is 961. The summed E-state index contributed by atoms with van der Waals surface area (Å²) in [6.07, 6.45) is 4.28. The lowest BCUT2D eigenvalue weighted by Gasteiger charge is -2.22. The van der Waals surface area contributed by atoms with Crippen LogP contribution in [0.2, 0.25) is 0 Å². The van der Waals surface area contributed by atoms with E-state index in [-0.39, 0.29) is 5.56 Å². The van der Waals surface area contributed by atoms with Crippen LogP contribution in [0.1, 0.15) is 30.6 Å². The van der Waals surface area contributed by atoms with E-state index in [9.17, 15) is 9.90 Å². The summed E-state index contributed by atoms with van der Waals surface area (Å²) in [5.41, 5.74) is 4.12. The molecule has 0 amide bonds. The van der Waals surface area contributed by atoms with E-state index in [1.807, 2.05) is 12.1 Å². The summed E-state index contributed by atoms with van der Waals surface area (Å²) in [4.78, 5) is 25.4. The third-order valence-corrected chi connectivity index (χ3v) is 4.80. The number of anilines is 1. The van der Waals surface area contributed by atoms with Gasteiger partial charge in [-0.05, 0) is 24.0 Å². The first kappa shape index (κ1) is 15.6. The predicted octanol–water partition coefficient (Wildman–Crippen LogP) is 3.56. The van der Waals surface area contributed by atoms with E-state index < -0.39 is 5.97 Å². The van der Waals surface area contributed by atoms with Crippen LogP contribution in [-0.4, -0.2) is 39.1 Å². The Morgan fingerprint density at radius 3 is 2.92 bits per heavy atom. The Balaban J connectivity index is 1.72. The largest absolute Gasteiger partial charge is 0.478 e. The molecule has 0 bridgehead atoms. The summed E-state index contributed by atoms with van der Waals surface area (Å²) in [5, 5.41) is 9.28. The molecule has 0 saturated carbocycles. The molecule has 1 aromatic carbocycles. The van der Waals surface area contributed by atoms with E-state index in [1.54, 1.807) is 6.20 Å². The second-order valence-corrected chi connectivity index (χ2v) is 7.35. The van der Waals surface area contributed by atoms with Gasteiger partial charge in [0, 0.05) is 30.5 Å². The molecule has 3 heterocycles. The van der Waals surface area contributed by atoms with E-state index in [0.29, 0.717) is 22.3 Å². The highest BCUT2D eigenvalue weighted by Gasteiger charge is 2.29. The number of hydrogen-bond donors (Lipinski definition) is 2.